The topological polar surface area (TPSA) is 264 Å². The van der Waals surface area contributed by atoms with Gasteiger partial charge in [0, 0.05) is 71.9 Å². The lowest BCUT2D eigenvalue weighted by Crippen LogP contribution is -2.60. The van der Waals surface area contributed by atoms with E-state index in [0.29, 0.717) is 54.9 Å². The summed E-state index contributed by atoms with van der Waals surface area (Å²) in [6.07, 6.45) is 3.30. The highest BCUT2D eigenvalue weighted by molar-refractivity contribution is 7.92. The zero-order chi connectivity index (χ0) is 58.6. The quantitative estimate of drug-likeness (QED) is 0.0481. The molecule has 3 amide bonds. The van der Waals surface area contributed by atoms with Crippen molar-refractivity contribution in [1.29, 1.82) is 0 Å². The lowest BCUT2D eigenvalue weighted by atomic mass is 9.85. The van der Waals surface area contributed by atoms with Crippen LogP contribution in [0, 0.1) is 18.3 Å². The smallest absolute Gasteiger partial charge is 0.261 e. The molecule has 3 aliphatic rings. The van der Waals surface area contributed by atoms with E-state index in [9.17, 15) is 36.3 Å². The number of aromatic nitrogens is 3. The summed E-state index contributed by atoms with van der Waals surface area (Å²) in [5.74, 6) is -0.184. The van der Waals surface area contributed by atoms with Gasteiger partial charge >= 0.3 is 0 Å². The number of aliphatic hydroxyl groups is 1. The Balaban J connectivity index is 0.835. The van der Waals surface area contributed by atoms with Crippen LogP contribution in [0.3, 0.4) is 0 Å². The number of halogens is 1. The van der Waals surface area contributed by atoms with Crippen molar-refractivity contribution in [2.45, 2.75) is 89.1 Å². The molecule has 0 saturated carbocycles. The highest BCUT2D eigenvalue weighted by Gasteiger charge is 2.45. The van der Waals surface area contributed by atoms with Crippen LogP contribution >= 0.6 is 22.9 Å². The monoisotopic (exact) mass is 1190 g/mol. The second kappa shape index (κ2) is 25.4. The number of nitrogens with one attached hydrogen (secondary N) is 5. The minimum Gasteiger partial charge on any atom is -0.494 e. The molecule has 0 aliphatic carbocycles. The Bertz CT molecular complexity index is 3290. The van der Waals surface area contributed by atoms with Crippen LogP contribution in [-0.4, -0.2) is 172 Å². The van der Waals surface area contributed by atoms with Gasteiger partial charge in [0.2, 0.25) is 27.8 Å². The third-order valence-electron chi connectivity index (χ3n) is 14.8. The number of piperidine rings is 1. The van der Waals surface area contributed by atoms with Crippen LogP contribution in [0.2, 0.25) is 5.02 Å². The average Bonchev–Trinajstić information content (AvgIpc) is 4.22. The minimum atomic E-state index is -3.73. The highest BCUT2D eigenvalue weighted by atomic mass is 35.5. The molecule has 0 bridgehead atoms. The van der Waals surface area contributed by atoms with Crippen molar-refractivity contribution in [1.82, 2.24) is 40.4 Å². The molecule has 5 heterocycles. The molecule has 26 heteroatoms. The number of piperazine rings is 1. The summed E-state index contributed by atoms with van der Waals surface area (Å²) in [6.45, 7) is 15.8. The number of carbonyl (C=O) groups is 3. The molecule has 81 heavy (non-hydrogen) atoms. The molecule has 2 aromatic heterocycles. The number of β-amino-alcohol motifs (C(OH)–C–C–N with tert-alkyl or cyclic N) is 1. The van der Waals surface area contributed by atoms with Crippen LogP contribution in [0.1, 0.15) is 59.6 Å². The van der Waals surface area contributed by atoms with Gasteiger partial charge in [-0.15, -0.1) is 11.3 Å². The SMILES string of the molecule is COc1cc(N2CCC(CN3CCN(CC(=O)N[C@H](C(=O)N4C[C@H](O)C[C@H]4C(=O)NN(C)c4ccc(-c5scnc5C)cc4)C(C)(C)C)CC3)CC2)c(NS(C)(=O)=O)cc1Nc1ncc(Cl)c(Nc2ccccc2S(=O)(=O)C(C)C)n1. The van der Waals surface area contributed by atoms with Gasteiger partial charge in [-0.2, -0.15) is 4.98 Å². The Morgan fingerprint density at radius 2 is 1.59 bits per heavy atom. The summed E-state index contributed by atoms with van der Waals surface area (Å²) in [5, 5.41) is 21.0. The largest absolute Gasteiger partial charge is 0.494 e. The molecule has 0 spiro atoms. The molecule has 8 rings (SSSR count). The minimum absolute atomic E-state index is 0.0352. The van der Waals surface area contributed by atoms with E-state index in [4.69, 9.17) is 16.3 Å². The highest BCUT2D eigenvalue weighted by Crippen LogP contribution is 2.41. The van der Waals surface area contributed by atoms with Crippen molar-refractivity contribution in [3.8, 4) is 16.2 Å². The van der Waals surface area contributed by atoms with Gasteiger partial charge < -0.3 is 40.5 Å². The van der Waals surface area contributed by atoms with Crippen molar-refractivity contribution < 1.29 is 41.1 Å². The van der Waals surface area contributed by atoms with Gasteiger partial charge in [0.15, 0.2) is 15.7 Å². The maximum absolute atomic E-state index is 14.3. The van der Waals surface area contributed by atoms with Gasteiger partial charge in [0.25, 0.3) is 5.91 Å². The zero-order valence-corrected chi connectivity index (χ0v) is 50.4. The second-order valence-corrected chi connectivity index (χ2v) is 27.8. The molecule has 0 unspecified atom stereocenters. The molecular formula is C55H74ClN13O9S3. The van der Waals surface area contributed by atoms with Gasteiger partial charge in [0.05, 0.1) is 86.9 Å². The first-order valence-electron chi connectivity index (χ1n) is 26.9. The van der Waals surface area contributed by atoms with E-state index in [-0.39, 0.29) is 52.8 Å². The van der Waals surface area contributed by atoms with Crippen molar-refractivity contribution in [3.63, 3.8) is 0 Å². The summed E-state index contributed by atoms with van der Waals surface area (Å²) in [6, 6.07) is 15.7. The third-order valence-corrected chi connectivity index (χ3v) is 18.9. The number of aryl methyl sites for hydroxylation is 1. The standard InChI is InChI=1S/C55H74ClN13O9S3/c1-34(2)81(76,77)47-13-11-10-12-41(47)59-51-40(56)29-57-54(62-51)60-43-27-42(64-80(9,74)75)44(28-46(43)78-8)68-20-18-36(19-21-68)30-66-22-24-67(25-23-66)32-48(71)61-50(55(4,5)6)53(73)69-31-39(70)26-45(69)52(72)63-65(7)38-16-14-37(15-17-38)49-35(3)58-33-79-49/h10-17,27-29,33-34,36,39,45,50,64,70H,18-26,30-32H2,1-9H3,(H,61,71)(H,63,72)(H2,57,59,60,62)/t39-,45+,50-/m1/s1. The molecular weight excluding hydrogens is 1120 g/mol. The normalized spacial score (nSPS) is 18.1. The van der Waals surface area contributed by atoms with Crippen LogP contribution in [-0.2, 0) is 34.2 Å². The van der Waals surface area contributed by atoms with Crippen LogP contribution < -0.4 is 40.7 Å². The average molecular weight is 1190 g/mol. The molecule has 22 nitrogen and oxygen atoms in total. The number of nitrogens with zero attached hydrogens (tertiary/aromatic N) is 8. The number of sulfone groups is 1. The van der Waals surface area contributed by atoms with Gasteiger partial charge in [-0.05, 0) is 80.8 Å². The number of anilines is 7. The predicted octanol–water partition coefficient (Wildman–Crippen LogP) is 6.11. The number of aliphatic hydroxyl groups excluding tert-OH is 1. The fraction of sp³-hybridized carbons (Fsp3) is 0.491. The molecule has 3 aliphatic heterocycles. The number of para-hydroxylation sites is 1. The van der Waals surface area contributed by atoms with E-state index in [0.717, 1.165) is 60.6 Å². The number of amides is 3. The number of likely N-dealkylation sites (tertiary alicyclic amines) is 1. The number of benzene rings is 3. The van der Waals surface area contributed by atoms with E-state index in [1.165, 1.54) is 24.3 Å². The Morgan fingerprint density at radius 1 is 0.914 bits per heavy atom. The van der Waals surface area contributed by atoms with Gasteiger partial charge in [-0.25, -0.2) is 26.8 Å². The first kappa shape index (κ1) is 60.7. The van der Waals surface area contributed by atoms with Crippen molar-refractivity contribution in [3.05, 3.63) is 83.1 Å². The van der Waals surface area contributed by atoms with Crippen LogP contribution in [0.4, 0.5) is 40.2 Å². The maximum Gasteiger partial charge on any atom is 0.261 e. The number of hydrazine groups is 1. The molecule has 3 atom stereocenters. The van der Waals surface area contributed by atoms with Gasteiger partial charge in [0.1, 0.15) is 22.9 Å². The number of thiazole rings is 1. The summed E-state index contributed by atoms with van der Waals surface area (Å²) in [4.78, 5) is 64.3. The summed E-state index contributed by atoms with van der Waals surface area (Å²) in [7, 11) is -4.17. The molecule has 3 saturated heterocycles. The first-order chi connectivity index (χ1) is 38.3. The molecule has 3 fully saturated rings. The molecule has 5 aromatic rings. The Morgan fingerprint density at radius 3 is 2.22 bits per heavy atom. The molecule has 0 radical (unpaired) electrons. The van der Waals surface area contributed by atoms with Crippen LogP contribution in [0.5, 0.6) is 5.75 Å². The van der Waals surface area contributed by atoms with Gasteiger partial charge in [-0.1, -0.05) is 56.6 Å². The van der Waals surface area contributed by atoms with Crippen LogP contribution in [0.15, 0.2) is 77.3 Å². The number of carbonyl (C=O) groups excluding carboxylic acids is 3. The number of rotatable bonds is 20. The van der Waals surface area contributed by atoms with E-state index < -0.39 is 60.5 Å². The van der Waals surface area contributed by atoms with E-state index in [2.05, 4.69) is 55.7 Å². The Hall–Kier alpha value is -6.35. The molecule has 438 valence electrons. The van der Waals surface area contributed by atoms with E-state index >= 15 is 0 Å². The number of ether oxygens (including phenoxy) is 1. The van der Waals surface area contributed by atoms with Gasteiger partial charge in [-0.3, -0.25) is 34.4 Å². The number of methoxy groups -OCH3 is 1. The Kier molecular flexibility index (Phi) is 19.1. The molecule has 3 aromatic carbocycles. The second-order valence-electron chi connectivity index (χ2n) is 22.3. The number of sulfonamides is 1. The van der Waals surface area contributed by atoms with Crippen molar-refractivity contribution in [2.24, 2.45) is 11.3 Å². The van der Waals surface area contributed by atoms with Crippen LogP contribution in [0.25, 0.3) is 10.4 Å². The first-order valence-corrected chi connectivity index (χ1v) is 31.6. The fourth-order valence-electron chi connectivity index (χ4n) is 10.3. The summed E-state index contributed by atoms with van der Waals surface area (Å²) in [5.41, 5.74) is 8.28. The summed E-state index contributed by atoms with van der Waals surface area (Å²) >= 11 is 8.06. The lowest BCUT2D eigenvalue weighted by Gasteiger charge is -2.40. The number of hydrogen-bond acceptors (Lipinski definition) is 19. The fourth-order valence-corrected chi connectivity index (χ4v) is 13.0. The zero-order valence-electron chi connectivity index (χ0n) is 47.2. The molecule has 6 N–H and O–H groups in total. The van der Waals surface area contributed by atoms with E-state index in [1.807, 2.05) is 52.0 Å². The van der Waals surface area contributed by atoms with E-state index in [1.54, 1.807) is 73.1 Å². The third kappa shape index (κ3) is 15.0. The Labute approximate surface area is 483 Å². The van der Waals surface area contributed by atoms with Crippen molar-refractivity contribution in [2.75, 3.05) is 105 Å². The summed E-state index contributed by atoms with van der Waals surface area (Å²) < 4.78 is 60.4. The number of hydrogen-bond donors (Lipinski definition) is 6. The lowest BCUT2D eigenvalue weighted by molar-refractivity contribution is -0.144. The van der Waals surface area contributed by atoms with Crippen molar-refractivity contribution >= 4 is 101 Å². The maximum atomic E-state index is 14.3. The predicted molar refractivity (Wildman–Crippen MR) is 318 cm³/mol.